The zero-order valence-electron chi connectivity index (χ0n) is 2.03. The average molecular weight is 572 g/mol. The summed E-state index contributed by atoms with van der Waals surface area (Å²) in [4.78, 5) is 0. The van der Waals surface area contributed by atoms with Gasteiger partial charge in [0.25, 0.3) is 0 Å². The molecule has 0 saturated carbocycles. The third kappa shape index (κ3) is 8.97. The standard InChI is InChI=1S/Ag.Bi.Sb.HTe.5H/h;;;1H;;;;;. The molecule has 0 aliphatic rings. The zero-order chi connectivity index (χ0) is 0. The number of hydrogen-bond acceptors (Lipinski definition) is 0. The molecule has 33 valence electrons. The molecule has 3 radical (unpaired) electrons. The van der Waals surface area contributed by atoms with Crippen molar-refractivity contribution in [2.75, 3.05) is 0 Å². The monoisotopic (exact) mass is 573 g/mol. The Hall–Kier alpha value is 3.23. The van der Waals surface area contributed by atoms with E-state index in [-0.39, 0.29) is 96.7 Å². The summed E-state index contributed by atoms with van der Waals surface area (Å²) in [6.45, 7) is 0. The van der Waals surface area contributed by atoms with Crippen LogP contribution < -0.4 is 0 Å². The van der Waals surface area contributed by atoms with Gasteiger partial charge in [0, 0.05) is 22.4 Å². The molecule has 0 aromatic heterocycles. The maximum atomic E-state index is 0. The van der Waals surface area contributed by atoms with Crippen molar-refractivity contribution in [2.45, 2.75) is 0 Å². The summed E-state index contributed by atoms with van der Waals surface area (Å²) in [5, 5.41) is 0. The van der Waals surface area contributed by atoms with Crippen LogP contribution in [0.4, 0.5) is 0 Å². The van der Waals surface area contributed by atoms with Gasteiger partial charge in [0.2, 0.25) is 0 Å². The van der Waals surface area contributed by atoms with Gasteiger partial charge in [-0.2, -0.15) is 0 Å². The van der Waals surface area contributed by atoms with Crippen LogP contribution in [0.1, 0.15) is 0 Å². The van der Waals surface area contributed by atoms with Gasteiger partial charge in [-0.3, -0.25) is 0 Å². The zero-order valence-corrected chi connectivity index (χ0v) is 14.9. The van der Waals surface area contributed by atoms with Crippen molar-refractivity contribution in [3.63, 3.8) is 0 Å². The summed E-state index contributed by atoms with van der Waals surface area (Å²) in [5.41, 5.74) is 0. The molecule has 0 bridgehead atoms. The molecule has 4 heteroatoms. The Balaban J connectivity index is 0. The molecular formula is H6AgBiSbTe. The van der Waals surface area contributed by atoms with Gasteiger partial charge in [-0.1, -0.05) is 0 Å². The fourth-order valence-electron chi connectivity index (χ4n) is 0. The van der Waals surface area contributed by atoms with Crippen molar-refractivity contribution < 1.29 is 22.4 Å². The maximum absolute atomic E-state index is 0. The minimum atomic E-state index is 0. The number of rotatable bonds is 0. The molecule has 0 heterocycles. The molecule has 0 spiro atoms. The van der Waals surface area contributed by atoms with Gasteiger partial charge in [-0.15, -0.1) is 0 Å². The second-order valence-electron chi connectivity index (χ2n) is 0. The first-order valence-electron chi connectivity index (χ1n) is 0. The molecule has 0 aliphatic heterocycles. The SMILES string of the molecule is [Ag].[BiH3].[SbH2].[TeH]. The first-order valence-corrected chi connectivity index (χ1v) is 0. The molecule has 0 fully saturated rings. The fraction of sp³-hybridized carbons (Fsp3) is 0. The van der Waals surface area contributed by atoms with E-state index in [2.05, 4.69) is 0 Å². The van der Waals surface area contributed by atoms with Crippen LogP contribution >= 0.6 is 0 Å². The predicted octanol–water partition coefficient (Wildman–Crippen LogP) is -2.75. The summed E-state index contributed by atoms with van der Waals surface area (Å²) in [6, 6.07) is 0. The Labute approximate surface area is 94.7 Å². The van der Waals surface area contributed by atoms with E-state index in [0.717, 1.165) is 0 Å². The summed E-state index contributed by atoms with van der Waals surface area (Å²) in [6.07, 6.45) is 0. The first-order chi connectivity index (χ1) is 0. The van der Waals surface area contributed by atoms with E-state index in [1.165, 1.54) is 0 Å². The molecule has 0 aromatic rings. The quantitative estimate of drug-likeness (QED) is 0.277. The van der Waals surface area contributed by atoms with E-state index >= 15 is 0 Å². The molecule has 0 amide bonds. The van der Waals surface area contributed by atoms with Crippen LogP contribution in [0.3, 0.4) is 0 Å². The minimum absolute atomic E-state index is 0. The van der Waals surface area contributed by atoms with Crippen molar-refractivity contribution >= 4 is 74.3 Å². The molecule has 0 N–H and O–H groups in total. The third-order valence-electron chi connectivity index (χ3n) is 0. The fourth-order valence-corrected chi connectivity index (χ4v) is 0. The number of hydrogen-bond donors (Lipinski definition) is 0. The van der Waals surface area contributed by atoms with Crippen LogP contribution in [0.15, 0.2) is 0 Å². The van der Waals surface area contributed by atoms with E-state index in [4.69, 9.17) is 0 Å². The van der Waals surface area contributed by atoms with Crippen LogP contribution in [0.2, 0.25) is 0 Å². The van der Waals surface area contributed by atoms with Crippen molar-refractivity contribution in [1.82, 2.24) is 0 Å². The van der Waals surface area contributed by atoms with Gasteiger partial charge in [0.05, 0.1) is 0 Å². The molecule has 0 nitrogen and oxygen atoms in total. The second-order valence-corrected chi connectivity index (χ2v) is 0. The summed E-state index contributed by atoms with van der Waals surface area (Å²) in [5.74, 6) is 0. The van der Waals surface area contributed by atoms with E-state index < -0.39 is 0 Å². The van der Waals surface area contributed by atoms with Crippen LogP contribution in [-0.2, 0) is 22.4 Å². The van der Waals surface area contributed by atoms with Crippen molar-refractivity contribution in [2.24, 2.45) is 0 Å². The predicted molar refractivity (Wildman–Crippen MR) is 25.6 cm³/mol. The van der Waals surface area contributed by atoms with E-state index in [1.807, 2.05) is 0 Å². The molecule has 0 unspecified atom stereocenters. The van der Waals surface area contributed by atoms with Crippen LogP contribution in [0.25, 0.3) is 0 Å². The van der Waals surface area contributed by atoms with Gasteiger partial charge in [-0.25, -0.2) is 0 Å². The Morgan fingerprint density at radius 2 is 1.00 bits per heavy atom. The molecule has 0 saturated heterocycles. The van der Waals surface area contributed by atoms with Crippen LogP contribution in [0, 0.1) is 0 Å². The Morgan fingerprint density at radius 3 is 1.00 bits per heavy atom. The van der Waals surface area contributed by atoms with Crippen LogP contribution in [0.5, 0.6) is 0 Å². The van der Waals surface area contributed by atoms with Gasteiger partial charge >= 0.3 is 74.3 Å². The molecule has 4 heavy (non-hydrogen) atoms. The molecule has 0 aromatic carbocycles. The molecule has 0 rings (SSSR count). The van der Waals surface area contributed by atoms with Gasteiger partial charge < -0.3 is 0 Å². The second kappa shape index (κ2) is 16.3. The van der Waals surface area contributed by atoms with Crippen LogP contribution in [-0.4, -0.2) is 74.3 Å². The summed E-state index contributed by atoms with van der Waals surface area (Å²) >= 11 is 0. The Kier molecular flexibility index (Phi) is 110. The van der Waals surface area contributed by atoms with Crippen molar-refractivity contribution in [1.29, 1.82) is 0 Å². The van der Waals surface area contributed by atoms with Gasteiger partial charge in [0.1, 0.15) is 0 Å². The average Bonchev–Trinajstić information content (AvgIpc) is 0. The van der Waals surface area contributed by atoms with Crippen molar-refractivity contribution in [3.05, 3.63) is 0 Å². The van der Waals surface area contributed by atoms with Gasteiger partial charge in [-0.05, 0) is 0 Å². The Bertz CT molecular complexity index is 8.00. The molecular weight excluding hydrogens is 566 g/mol. The normalized spacial score (nSPS) is 0. The Morgan fingerprint density at radius 1 is 1.00 bits per heavy atom. The first kappa shape index (κ1) is 26.9. The van der Waals surface area contributed by atoms with E-state index in [9.17, 15) is 0 Å². The van der Waals surface area contributed by atoms with Crippen molar-refractivity contribution in [3.8, 4) is 0 Å². The summed E-state index contributed by atoms with van der Waals surface area (Å²) < 4.78 is 0. The van der Waals surface area contributed by atoms with E-state index in [0.29, 0.717) is 0 Å². The summed E-state index contributed by atoms with van der Waals surface area (Å²) in [7, 11) is 0. The van der Waals surface area contributed by atoms with Gasteiger partial charge in [0.15, 0.2) is 0 Å². The van der Waals surface area contributed by atoms with E-state index in [1.54, 1.807) is 0 Å². The molecule has 0 atom stereocenters. The third-order valence-corrected chi connectivity index (χ3v) is 0. The topological polar surface area (TPSA) is 0 Å². The molecule has 0 aliphatic carbocycles.